The summed E-state index contributed by atoms with van der Waals surface area (Å²) in [5.41, 5.74) is 1.80. The van der Waals surface area contributed by atoms with Crippen LogP contribution in [-0.4, -0.2) is 28.3 Å². The zero-order chi connectivity index (χ0) is 16.2. The molecule has 6 heteroatoms. The van der Waals surface area contributed by atoms with E-state index >= 15 is 0 Å². The maximum absolute atomic E-state index is 11.0. The lowest BCUT2D eigenvalue weighted by atomic mass is 10.1. The molecule has 0 spiro atoms. The van der Waals surface area contributed by atoms with Crippen LogP contribution in [0.3, 0.4) is 0 Å². The Hall–Kier alpha value is -3.15. The number of methoxy groups -OCH3 is 1. The zero-order valence-corrected chi connectivity index (χ0v) is 12.4. The summed E-state index contributed by atoms with van der Waals surface area (Å²) >= 11 is 0. The maximum Gasteiger partial charge on any atom is 0.335 e. The highest BCUT2D eigenvalue weighted by Gasteiger charge is 2.11. The Morgan fingerprint density at radius 1 is 1.22 bits per heavy atom. The molecule has 0 saturated heterocycles. The molecule has 3 rings (SSSR count). The van der Waals surface area contributed by atoms with E-state index in [-0.39, 0.29) is 5.56 Å². The molecule has 1 heterocycles. The van der Waals surface area contributed by atoms with Crippen LogP contribution >= 0.6 is 0 Å². The fraction of sp³-hybridized carbons (Fsp3) is 0.118. The van der Waals surface area contributed by atoms with Crippen molar-refractivity contribution in [3.05, 3.63) is 65.5 Å². The zero-order valence-electron chi connectivity index (χ0n) is 12.4. The third kappa shape index (κ3) is 3.37. The number of hydrogen-bond donors (Lipinski definition) is 1. The van der Waals surface area contributed by atoms with Crippen LogP contribution in [0.2, 0.25) is 0 Å². The number of rotatable bonds is 5. The lowest BCUT2D eigenvalue weighted by Crippen LogP contribution is -1.96. The Morgan fingerprint density at radius 3 is 2.70 bits per heavy atom. The predicted octanol–water partition coefficient (Wildman–Crippen LogP) is 3.03. The monoisotopic (exact) mass is 310 g/mol. The highest BCUT2D eigenvalue weighted by atomic mass is 16.5. The molecule has 0 atom stereocenters. The molecule has 2 aromatic carbocycles. The van der Waals surface area contributed by atoms with Gasteiger partial charge in [0, 0.05) is 5.56 Å². The Kier molecular flexibility index (Phi) is 4.05. The van der Waals surface area contributed by atoms with Gasteiger partial charge in [0.05, 0.1) is 19.1 Å². The van der Waals surface area contributed by atoms with Crippen molar-refractivity contribution in [1.29, 1.82) is 0 Å². The first kappa shape index (κ1) is 14.8. The quantitative estimate of drug-likeness (QED) is 0.779. The van der Waals surface area contributed by atoms with Crippen molar-refractivity contribution >= 4 is 5.97 Å². The smallest absolute Gasteiger partial charge is 0.335 e. The van der Waals surface area contributed by atoms with E-state index in [1.54, 1.807) is 19.2 Å². The molecule has 0 aliphatic heterocycles. The highest BCUT2D eigenvalue weighted by molar-refractivity contribution is 5.89. The van der Waals surface area contributed by atoms with Gasteiger partial charge in [0.1, 0.15) is 5.75 Å². The van der Waals surface area contributed by atoms with E-state index in [2.05, 4.69) is 10.1 Å². The Morgan fingerprint density at radius 2 is 2.00 bits per heavy atom. The summed E-state index contributed by atoms with van der Waals surface area (Å²) in [4.78, 5) is 15.3. The largest absolute Gasteiger partial charge is 0.497 e. The van der Waals surface area contributed by atoms with Gasteiger partial charge in [-0.1, -0.05) is 29.4 Å². The van der Waals surface area contributed by atoms with Crippen LogP contribution in [0.4, 0.5) is 0 Å². The van der Waals surface area contributed by atoms with Crippen molar-refractivity contribution in [2.45, 2.75) is 6.42 Å². The maximum atomic E-state index is 11.0. The number of aromatic nitrogens is 2. The van der Waals surface area contributed by atoms with Crippen LogP contribution in [0.1, 0.15) is 21.8 Å². The van der Waals surface area contributed by atoms with E-state index in [4.69, 9.17) is 14.4 Å². The third-order valence-corrected chi connectivity index (χ3v) is 3.35. The molecule has 1 aromatic heterocycles. The van der Waals surface area contributed by atoms with Gasteiger partial charge in [-0.15, -0.1) is 0 Å². The summed E-state index contributed by atoms with van der Waals surface area (Å²) in [5.74, 6) is 0.627. The number of aromatic carboxylic acids is 1. The minimum absolute atomic E-state index is 0.184. The van der Waals surface area contributed by atoms with Crippen LogP contribution in [0, 0.1) is 0 Å². The fourth-order valence-corrected chi connectivity index (χ4v) is 2.15. The van der Waals surface area contributed by atoms with Gasteiger partial charge in [-0.3, -0.25) is 0 Å². The number of ether oxygens (including phenoxy) is 1. The van der Waals surface area contributed by atoms with Gasteiger partial charge < -0.3 is 14.4 Å². The first-order valence-corrected chi connectivity index (χ1v) is 6.95. The molecule has 0 amide bonds. The lowest BCUT2D eigenvalue weighted by Gasteiger charge is -2.00. The summed E-state index contributed by atoms with van der Waals surface area (Å²) in [6, 6.07) is 14.0. The standard InChI is InChI=1S/C17H14N2O4/c1-22-14-7-5-11(6-8-14)9-15-18-16(19-23-15)12-3-2-4-13(10-12)17(20)21/h2-8,10H,9H2,1H3,(H,20,21). The Labute approximate surface area is 132 Å². The Balaban J connectivity index is 1.79. The normalized spacial score (nSPS) is 10.5. The van der Waals surface area contributed by atoms with Crippen LogP contribution in [0.25, 0.3) is 11.4 Å². The van der Waals surface area contributed by atoms with E-state index in [9.17, 15) is 4.79 Å². The molecular formula is C17H14N2O4. The second kappa shape index (κ2) is 6.31. The molecule has 0 radical (unpaired) electrons. The number of hydrogen-bond acceptors (Lipinski definition) is 5. The molecule has 0 aliphatic rings. The average Bonchev–Trinajstić information content (AvgIpc) is 3.04. The molecule has 23 heavy (non-hydrogen) atoms. The van der Waals surface area contributed by atoms with Gasteiger partial charge in [0.2, 0.25) is 11.7 Å². The van der Waals surface area contributed by atoms with Crippen LogP contribution in [0.5, 0.6) is 5.75 Å². The number of nitrogens with zero attached hydrogens (tertiary/aromatic N) is 2. The average molecular weight is 310 g/mol. The molecule has 0 aliphatic carbocycles. The molecule has 116 valence electrons. The summed E-state index contributed by atoms with van der Waals surface area (Å²) in [6.45, 7) is 0. The molecular weight excluding hydrogens is 296 g/mol. The topological polar surface area (TPSA) is 85.5 Å². The molecule has 1 N–H and O–H groups in total. The molecule has 0 saturated carbocycles. The van der Waals surface area contributed by atoms with Gasteiger partial charge in [0.25, 0.3) is 0 Å². The number of carboxylic acid groups (broad SMARTS) is 1. The molecule has 6 nitrogen and oxygen atoms in total. The number of carbonyl (C=O) groups is 1. The van der Waals surface area contributed by atoms with E-state index in [0.717, 1.165) is 11.3 Å². The van der Waals surface area contributed by atoms with E-state index in [1.165, 1.54) is 12.1 Å². The Bertz CT molecular complexity index is 825. The van der Waals surface area contributed by atoms with Gasteiger partial charge in [0.15, 0.2) is 0 Å². The molecule has 0 unspecified atom stereocenters. The number of benzene rings is 2. The van der Waals surface area contributed by atoms with Crippen molar-refractivity contribution in [1.82, 2.24) is 10.1 Å². The first-order chi connectivity index (χ1) is 11.2. The minimum atomic E-state index is -0.992. The summed E-state index contributed by atoms with van der Waals surface area (Å²) < 4.78 is 10.4. The van der Waals surface area contributed by atoms with Crippen LogP contribution in [0.15, 0.2) is 53.1 Å². The van der Waals surface area contributed by atoms with Crippen LogP contribution in [-0.2, 0) is 6.42 Å². The first-order valence-electron chi connectivity index (χ1n) is 6.95. The number of carboxylic acids is 1. The summed E-state index contributed by atoms with van der Waals surface area (Å²) in [6.07, 6.45) is 0.496. The summed E-state index contributed by atoms with van der Waals surface area (Å²) in [7, 11) is 1.62. The van der Waals surface area contributed by atoms with Crippen molar-refractivity contribution in [3.8, 4) is 17.1 Å². The SMILES string of the molecule is COc1ccc(Cc2nc(-c3cccc(C(=O)O)c3)no2)cc1. The van der Waals surface area contributed by atoms with Gasteiger partial charge >= 0.3 is 5.97 Å². The van der Waals surface area contributed by atoms with E-state index in [1.807, 2.05) is 24.3 Å². The molecule has 0 bridgehead atoms. The van der Waals surface area contributed by atoms with Crippen molar-refractivity contribution in [3.63, 3.8) is 0 Å². The minimum Gasteiger partial charge on any atom is -0.497 e. The van der Waals surface area contributed by atoms with Gasteiger partial charge in [-0.25, -0.2) is 4.79 Å². The lowest BCUT2D eigenvalue weighted by molar-refractivity contribution is 0.0697. The second-order valence-corrected chi connectivity index (χ2v) is 4.92. The predicted molar refractivity (Wildman–Crippen MR) is 82.5 cm³/mol. The van der Waals surface area contributed by atoms with Gasteiger partial charge in [-0.2, -0.15) is 4.98 Å². The third-order valence-electron chi connectivity index (χ3n) is 3.35. The second-order valence-electron chi connectivity index (χ2n) is 4.92. The summed E-state index contributed by atoms with van der Waals surface area (Å²) in [5, 5.41) is 12.9. The van der Waals surface area contributed by atoms with Crippen LogP contribution < -0.4 is 4.74 Å². The van der Waals surface area contributed by atoms with Crippen molar-refractivity contribution < 1.29 is 19.2 Å². The highest BCUT2D eigenvalue weighted by Crippen LogP contribution is 2.19. The van der Waals surface area contributed by atoms with Gasteiger partial charge in [-0.05, 0) is 29.8 Å². The van der Waals surface area contributed by atoms with E-state index < -0.39 is 5.97 Å². The van der Waals surface area contributed by atoms with Crippen molar-refractivity contribution in [2.24, 2.45) is 0 Å². The molecule has 3 aromatic rings. The van der Waals surface area contributed by atoms with E-state index in [0.29, 0.717) is 23.7 Å². The fourth-order valence-electron chi connectivity index (χ4n) is 2.15. The molecule has 0 fully saturated rings. The van der Waals surface area contributed by atoms with Crippen molar-refractivity contribution in [2.75, 3.05) is 7.11 Å².